The monoisotopic (exact) mass is 1050 g/mol. The summed E-state index contributed by atoms with van der Waals surface area (Å²) in [6.07, 6.45) is 0.750. The second-order valence-electron chi connectivity index (χ2n) is 22.6. The lowest BCUT2D eigenvalue weighted by Gasteiger charge is -2.09. The topological polar surface area (TPSA) is 62.4 Å². The highest BCUT2D eigenvalue weighted by Crippen LogP contribution is 2.46. The van der Waals surface area contributed by atoms with Crippen molar-refractivity contribution in [2.75, 3.05) is 0 Å². The predicted molar refractivity (Wildman–Crippen MR) is 339 cm³/mol. The molecule has 386 valence electrons. The minimum absolute atomic E-state index is 0.750. The van der Waals surface area contributed by atoms with Crippen molar-refractivity contribution in [3.05, 3.63) is 252 Å². The molecule has 0 aliphatic rings. The summed E-state index contributed by atoms with van der Waals surface area (Å²) >= 11 is 0. The van der Waals surface area contributed by atoms with Crippen LogP contribution in [0.25, 0.3) is 165 Å². The van der Waals surface area contributed by atoms with Gasteiger partial charge in [-0.25, -0.2) is 0 Å². The van der Waals surface area contributed by atoms with E-state index in [4.69, 9.17) is 17.7 Å². The Hall–Kier alpha value is -10.6. The van der Waals surface area contributed by atoms with Crippen LogP contribution in [0.5, 0.6) is 0 Å². The van der Waals surface area contributed by atoms with Crippen LogP contribution in [0.2, 0.25) is 0 Å². The zero-order valence-electron chi connectivity index (χ0n) is 45.1. The predicted octanol–water partition coefficient (Wildman–Crippen LogP) is 21.3. The maximum Gasteiger partial charge on any atom is 0.159 e. The van der Waals surface area contributed by atoms with E-state index in [1.165, 1.54) is 49.4 Å². The van der Waals surface area contributed by atoms with Crippen molar-refractivity contribution in [3.63, 3.8) is 0 Å². The molecular formula is C76H48N2O4. The third-order valence-corrected chi connectivity index (χ3v) is 17.5. The fourth-order valence-electron chi connectivity index (χ4n) is 13.8. The zero-order chi connectivity index (χ0) is 54.1. The van der Waals surface area contributed by atoms with Gasteiger partial charge in [-0.3, -0.25) is 0 Å². The minimum atomic E-state index is 0.750. The van der Waals surface area contributed by atoms with Gasteiger partial charge in [0.15, 0.2) is 11.2 Å². The van der Waals surface area contributed by atoms with Gasteiger partial charge in [-0.1, -0.05) is 132 Å². The molecule has 6 heteroatoms. The van der Waals surface area contributed by atoms with Gasteiger partial charge in [-0.2, -0.15) is 0 Å². The van der Waals surface area contributed by atoms with Gasteiger partial charge >= 0.3 is 0 Å². The molecule has 12 aromatic carbocycles. The van der Waals surface area contributed by atoms with Gasteiger partial charge in [0.2, 0.25) is 0 Å². The highest BCUT2D eigenvalue weighted by atomic mass is 16.3. The van der Waals surface area contributed by atoms with Gasteiger partial charge in [0, 0.05) is 64.6 Å². The average molecular weight is 1050 g/mol. The second-order valence-corrected chi connectivity index (χ2v) is 22.6. The molecule has 0 radical (unpaired) electrons. The molecule has 82 heavy (non-hydrogen) atoms. The van der Waals surface area contributed by atoms with E-state index >= 15 is 0 Å². The third-order valence-electron chi connectivity index (χ3n) is 17.5. The summed E-state index contributed by atoms with van der Waals surface area (Å²) in [4.78, 5) is 0. The van der Waals surface area contributed by atoms with E-state index < -0.39 is 0 Å². The number of para-hydroxylation sites is 3. The molecule has 0 saturated carbocycles. The van der Waals surface area contributed by atoms with Gasteiger partial charge in [0.25, 0.3) is 0 Å². The number of hydrogen-bond donors (Lipinski definition) is 0. The van der Waals surface area contributed by atoms with Gasteiger partial charge in [-0.15, -0.1) is 0 Å². The van der Waals surface area contributed by atoms with Crippen LogP contribution < -0.4 is 0 Å². The number of furan rings is 4. The fraction of sp³-hybridized carbons (Fsp3) is 0.0526. The van der Waals surface area contributed by atoms with E-state index in [2.05, 4.69) is 242 Å². The summed E-state index contributed by atoms with van der Waals surface area (Å²) in [6, 6.07) is 81.2. The smallest absolute Gasteiger partial charge is 0.159 e. The highest BCUT2D eigenvalue weighted by molar-refractivity contribution is 6.19. The Morgan fingerprint density at radius 3 is 1.34 bits per heavy atom. The van der Waals surface area contributed by atoms with Crippen molar-refractivity contribution in [2.45, 2.75) is 27.2 Å². The van der Waals surface area contributed by atoms with E-state index in [0.717, 1.165) is 150 Å². The molecule has 0 spiro atoms. The number of rotatable bonds is 6. The molecule has 0 amide bonds. The van der Waals surface area contributed by atoms with Crippen LogP contribution in [-0.2, 0) is 6.42 Å². The molecule has 0 atom stereocenters. The second kappa shape index (κ2) is 16.7. The molecule has 0 saturated heterocycles. The van der Waals surface area contributed by atoms with Crippen molar-refractivity contribution < 1.29 is 17.7 Å². The summed E-state index contributed by atoms with van der Waals surface area (Å²) in [6.45, 7) is 6.50. The largest absolute Gasteiger partial charge is 0.456 e. The van der Waals surface area contributed by atoms with Crippen molar-refractivity contribution in [1.29, 1.82) is 0 Å². The molecule has 18 rings (SSSR count). The van der Waals surface area contributed by atoms with E-state index in [1.54, 1.807) is 0 Å². The van der Waals surface area contributed by atoms with Crippen LogP contribution in [0, 0.1) is 20.8 Å². The minimum Gasteiger partial charge on any atom is -0.456 e. The van der Waals surface area contributed by atoms with Crippen LogP contribution in [0.1, 0.15) is 27.8 Å². The molecular weight excluding hydrogens is 1000 g/mol. The standard InChI is InChI=1S/C76H48N2O4/c1-42-20-29-61-56(34-42)57-35-43(2)21-30-62(57)77(61)65-15-7-14-55-74-50(12-9-19-70(74)82-76(55)65)48-25-28-53-52-27-23-46(39-71(52)80-72(53)41-48)37-45-24-32-64-59(38-45)58-36-44(3)22-31-63(58)78(64)66-16-6-13-54-73-49(11-8-18-69(73)81-75(54)66)47-26-33-68-60(40-47)51-10-4-5-17-67(51)79-68/h4-36,38-41H,37H2,1-3H3. The van der Waals surface area contributed by atoms with Gasteiger partial charge in [0.1, 0.15) is 33.5 Å². The maximum absolute atomic E-state index is 6.94. The highest BCUT2D eigenvalue weighted by Gasteiger charge is 2.23. The van der Waals surface area contributed by atoms with E-state index in [-0.39, 0.29) is 0 Å². The van der Waals surface area contributed by atoms with Crippen molar-refractivity contribution >= 4 is 131 Å². The average Bonchev–Trinajstić information content (AvgIpc) is 3.59. The lowest BCUT2D eigenvalue weighted by Crippen LogP contribution is -1.95. The van der Waals surface area contributed by atoms with Gasteiger partial charge < -0.3 is 26.8 Å². The summed E-state index contributed by atoms with van der Waals surface area (Å²) in [7, 11) is 0. The fourth-order valence-corrected chi connectivity index (χ4v) is 13.8. The molecule has 6 aromatic heterocycles. The number of hydrogen-bond acceptors (Lipinski definition) is 4. The summed E-state index contributed by atoms with van der Waals surface area (Å²) in [5.74, 6) is 0. The maximum atomic E-state index is 6.94. The van der Waals surface area contributed by atoms with Gasteiger partial charge in [0.05, 0.1) is 33.4 Å². The first kappa shape index (κ1) is 45.3. The molecule has 0 aliphatic heterocycles. The molecule has 0 fully saturated rings. The first-order valence-electron chi connectivity index (χ1n) is 28.2. The normalized spacial score (nSPS) is 12.4. The third kappa shape index (κ3) is 6.51. The molecule has 0 N–H and O–H groups in total. The Balaban J connectivity index is 0.702. The lowest BCUT2D eigenvalue weighted by molar-refractivity contribution is 0.666. The van der Waals surface area contributed by atoms with Crippen LogP contribution in [0.4, 0.5) is 0 Å². The summed E-state index contributed by atoms with van der Waals surface area (Å²) < 4.78 is 31.6. The molecule has 6 heterocycles. The van der Waals surface area contributed by atoms with Crippen LogP contribution in [-0.4, -0.2) is 9.13 Å². The molecule has 0 aliphatic carbocycles. The first-order valence-corrected chi connectivity index (χ1v) is 28.2. The Bertz CT molecular complexity index is 5730. The zero-order valence-corrected chi connectivity index (χ0v) is 45.1. The van der Waals surface area contributed by atoms with Crippen LogP contribution >= 0.6 is 0 Å². The van der Waals surface area contributed by atoms with E-state index in [9.17, 15) is 0 Å². The first-order chi connectivity index (χ1) is 40.3. The Morgan fingerprint density at radius 1 is 0.280 bits per heavy atom. The molecule has 0 bridgehead atoms. The SMILES string of the molecule is Cc1ccc2c(c1)c1cc(C)ccc1n2-c1cccc2c1oc1cccc(-c3ccc4c(c3)oc3cc(Cc5ccc6c(c5)c5cc(C)ccc5n6-c5cccc6c5oc5cccc(-c7ccc8oc9ccccc9c8c7)c56)ccc34)c12. The van der Waals surface area contributed by atoms with Gasteiger partial charge in [-0.05, 0) is 170 Å². The molecule has 6 nitrogen and oxygen atoms in total. The number of nitrogens with zero attached hydrogens (tertiary/aromatic N) is 2. The van der Waals surface area contributed by atoms with Crippen molar-refractivity contribution in [1.82, 2.24) is 9.13 Å². The number of fused-ring (bicyclic) bond motifs is 18. The summed E-state index contributed by atoms with van der Waals surface area (Å²) in [5, 5.41) is 13.7. The van der Waals surface area contributed by atoms with Crippen LogP contribution in [0.3, 0.4) is 0 Å². The Kier molecular flexibility index (Phi) is 9.25. The van der Waals surface area contributed by atoms with E-state index in [0.29, 0.717) is 0 Å². The van der Waals surface area contributed by atoms with Crippen LogP contribution in [0.15, 0.2) is 242 Å². The quantitative estimate of drug-likeness (QED) is 0.166. The number of aryl methyl sites for hydroxylation is 3. The van der Waals surface area contributed by atoms with Crippen molar-refractivity contribution in [2.24, 2.45) is 0 Å². The number of aromatic nitrogens is 2. The Labute approximate surface area is 468 Å². The van der Waals surface area contributed by atoms with E-state index in [1.807, 2.05) is 12.1 Å². The Morgan fingerprint density at radius 2 is 0.720 bits per heavy atom. The molecule has 0 unspecified atom stereocenters. The summed E-state index contributed by atoms with van der Waals surface area (Å²) in [5.41, 5.74) is 24.1. The van der Waals surface area contributed by atoms with Crippen molar-refractivity contribution in [3.8, 4) is 33.6 Å². The molecule has 18 aromatic rings. The number of benzene rings is 12. The lowest BCUT2D eigenvalue weighted by atomic mass is 9.97.